The molecule has 108 valence electrons. The SMILES string of the molecule is COC(OC)C(C)(O)C1(CN)CCC(C)(C)CC1. The Labute approximate surface area is 111 Å². The van der Waals surface area contributed by atoms with Gasteiger partial charge in [0.2, 0.25) is 0 Å². The quantitative estimate of drug-likeness (QED) is 0.740. The lowest BCUT2D eigenvalue weighted by molar-refractivity contribution is -0.258. The van der Waals surface area contributed by atoms with Gasteiger partial charge in [0, 0.05) is 26.2 Å². The second kappa shape index (κ2) is 5.45. The second-order valence-corrected chi connectivity index (χ2v) is 6.60. The lowest BCUT2D eigenvalue weighted by atomic mass is 9.58. The number of rotatable bonds is 5. The second-order valence-electron chi connectivity index (χ2n) is 6.60. The van der Waals surface area contributed by atoms with Gasteiger partial charge in [0.25, 0.3) is 0 Å². The van der Waals surface area contributed by atoms with Crippen molar-refractivity contribution in [3.05, 3.63) is 0 Å². The summed E-state index contributed by atoms with van der Waals surface area (Å²) >= 11 is 0. The first-order valence-corrected chi connectivity index (χ1v) is 6.73. The lowest BCUT2D eigenvalue weighted by Crippen LogP contribution is -2.60. The number of hydrogen-bond donors (Lipinski definition) is 2. The topological polar surface area (TPSA) is 64.7 Å². The van der Waals surface area contributed by atoms with Crippen LogP contribution in [0.4, 0.5) is 0 Å². The van der Waals surface area contributed by atoms with Gasteiger partial charge < -0.3 is 20.3 Å². The highest BCUT2D eigenvalue weighted by Gasteiger charge is 2.53. The van der Waals surface area contributed by atoms with Gasteiger partial charge in [0.05, 0.1) is 0 Å². The average Bonchev–Trinajstić information content (AvgIpc) is 2.30. The maximum atomic E-state index is 10.9. The summed E-state index contributed by atoms with van der Waals surface area (Å²) in [6, 6.07) is 0. The Morgan fingerprint density at radius 2 is 1.61 bits per heavy atom. The average molecular weight is 259 g/mol. The highest BCUT2D eigenvalue weighted by Crippen LogP contribution is 2.51. The molecule has 4 heteroatoms. The van der Waals surface area contributed by atoms with E-state index in [0.29, 0.717) is 12.0 Å². The molecule has 0 aromatic carbocycles. The molecule has 1 fully saturated rings. The first kappa shape index (κ1) is 15.9. The molecule has 0 aliphatic heterocycles. The summed E-state index contributed by atoms with van der Waals surface area (Å²) in [7, 11) is 3.11. The molecule has 0 saturated heterocycles. The van der Waals surface area contributed by atoms with E-state index >= 15 is 0 Å². The molecule has 0 heterocycles. The number of methoxy groups -OCH3 is 2. The van der Waals surface area contributed by atoms with Crippen LogP contribution in [0.15, 0.2) is 0 Å². The van der Waals surface area contributed by atoms with E-state index < -0.39 is 11.9 Å². The summed E-state index contributed by atoms with van der Waals surface area (Å²) in [5.74, 6) is 0. The van der Waals surface area contributed by atoms with Crippen LogP contribution in [0, 0.1) is 10.8 Å². The van der Waals surface area contributed by atoms with Gasteiger partial charge in [-0.25, -0.2) is 0 Å². The summed E-state index contributed by atoms with van der Waals surface area (Å²) in [5.41, 5.74) is 4.94. The van der Waals surface area contributed by atoms with Gasteiger partial charge in [-0.2, -0.15) is 0 Å². The van der Waals surface area contributed by atoms with Crippen LogP contribution < -0.4 is 5.73 Å². The van der Waals surface area contributed by atoms with Crippen molar-refractivity contribution in [2.24, 2.45) is 16.6 Å². The summed E-state index contributed by atoms with van der Waals surface area (Å²) in [6.07, 6.45) is 3.32. The van der Waals surface area contributed by atoms with Crippen LogP contribution in [-0.4, -0.2) is 37.8 Å². The monoisotopic (exact) mass is 259 g/mol. The maximum Gasteiger partial charge on any atom is 0.185 e. The molecular formula is C14H29NO3. The maximum absolute atomic E-state index is 10.9. The van der Waals surface area contributed by atoms with Crippen molar-refractivity contribution in [3.8, 4) is 0 Å². The zero-order valence-electron chi connectivity index (χ0n) is 12.5. The molecule has 0 bridgehead atoms. The summed E-state index contributed by atoms with van der Waals surface area (Å²) in [6.45, 7) is 6.79. The van der Waals surface area contributed by atoms with Crippen LogP contribution in [0.5, 0.6) is 0 Å². The first-order valence-electron chi connectivity index (χ1n) is 6.73. The normalized spacial score (nSPS) is 26.0. The van der Waals surface area contributed by atoms with Crippen molar-refractivity contribution in [3.63, 3.8) is 0 Å². The smallest absolute Gasteiger partial charge is 0.185 e. The van der Waals surface area contributed by atoms with Crippen molar-refractivity contribution >= 4 is 0 Å². The molecule has 1 aliphatic rings. The molecule has 1 unspecified atom stereocenters. The molecule has 1 atom stereocenters. The van der Waals surface area contributed by atoms with E-state index in [1.165, 1.54) is 0 Å². The van der Waals surface area contributed by atoms with Gasteiger partial charge in [-0.1, -0.05) is 13.8 Å². The third kappa shape index (κ3) is 2.72. The standard InChI is InChI=1S/C14H29NO3/c1-12(2)6-8-14(10-15,9-7-12)13(3,16)11(17-4)18-5/h11,16H,6-10,15H2,1-5H3. The number of nitrogens with two attached hydrogens (primary N) is 1. The van der Waals surface area contributed by atoms with E-state index in [2.05, 4.69) is 13.8 Å². The highest BCUT2D eigenvalue weighted by molar-refractivity contribution is 5.02. The third-order valence-electron chi connectivity index (χ3n) is 4.91. The Hall–Kier alpha value is -0.160. The summed E-state index contributed by atoms with van der Waals surface area (Å²) < 4.78 is 10.5. The van der Waals surface area contributed by atoms with Crippen LogP contribution in [0.25, 0.3) is 0 Å². The third-order valence-corrected chi connectivity index (χ3v) is 4.91. The Kier molecular flexibility index (Phi) is 4.81. The number of ether oxygens (including phenoxy) is 2. The molecule has 18 heavy (non-hydrogen) atoms. The van der Waals surface area contributed by atoms with Crippen LogP contribution in [-0.2, 0) is 9.47 Å². The molecule has 1 saturated carbocycles. The molecular weight excluding hydrogens is 230 g/mol. The molecule has 4 nitrogen and oxygen atoms in total. The van der Waals surface area contributed by atoms with E-state index in [1.54, 1.807) is 21.1 Å². The van der Waals surface area contributed by atoms with Crippen molar-refractivity contribution in [2.75, 3.05) is 20.8 Å². The summed E-state index contributed by atoms with van der Waals surface area (Å²) in [4.78, 5) is 0. The molecule has 1 rings (SSSR count). The Balaban J connectivity index is 2.94. The van der Waals surface area contributed by atoms with Crippen molar-refractivity contribution in [1.29, 1.82) is 0 Å². The zero-order chi connectivity index (χ0) is 14.0. The minimum absolute atomic E-state index is 0.320. The molecule has 1 aliphatic carbocycles. The van der Waals surface area contributed by atoms with Crippen molar-refractivity contribution in [2.45, 2.75) is 58.3 Å². The van der Waals surface area contributed by atoms with Gasteiger partial charge in [0.15, 0.2) is 6.29 Å². The molecule has 0 radical (unpaired) electrons. The van der Waals surface area contributed by atoms with Gasteiger partial charge in [0.1, 0.15) is 5.60 Å². The molecule has 3 N–H and O–H groups in total. The fourth-order valence-electron chi connectivity index (χ4n) is 3.13. The lowest BCUT2D eigenvalue weighted by Gasteiger charge is -2.52. The Morgan fingerprint density at radius 1 is 1.17 bits per heavy atom. The van der Waals surface area contributed by atoms with Gasteiger partial charge in [-0.3, -0.25) is 0 Å². The number of hydrogen-bond acceptors (Lipinski definition) is 4. The van der Waals surface area contributed by atoms with Gasteiger partial charge >= 0.3 is 0 Å². The van der Waals surface area contributed by atoms with E-state index in [1.807, 2.05) is 0 Å². The minimum atomic E-state index is -1.07. The van der Waals surface area contributed by atoms with Gasteiger partial charge in [-0.15, -0.1) is 0 Å². The van der Waals surface area contributed by atoms with Crippen LogP contribution in [0.2, 0.25) is 0 Å². The minimum Gasteiger partial charge on any atom is -0.384 e. The van der Waals surface area contributed by atoms with E-state index in [9.17, 15) is 5.11 Å². The Bertz CT molecular complexity index is 262. The van der Waals surface area contributed by atoms with Gasteiger partial charge in [-0.05, 0) is 38.0 Å². The van der Waals surface area contributed by atoms with E-state index in [0.717, 1.165) is 25.7 Å². The zero-order valence-corrected chi connectivity index (χ0v) is 12.5. The largest absolute Gasteiger partial charge is 0.384 e. The van der Waals surface area contributed by atoms with Crippen LogP contribution in [0.3, 0.4) is 0 Å². The first-order chi connectivity index (χ1) is 8.24. The molecule has 0 aromatic rings. The highest BCUT2D eigenvalue weighted by atomic mass is 16.7. The fraction of sp³-hybridized carbons (Fsp3) is 1.00. The molecule has 0 spiro atoms. The molecule has 0 amide bonds. The van der Waals surface area contributed by atoms with E-state index in [-0.39, 0.29) is 5.41 Å². The van der Waals surface area contributed by atoms with Crippen LogP contribution >= 0.6 is 0 Å². The number of aliphatic hydroxyl groups is 1. The van der Waals surface area contributed by atoms with Crippen molar-refractivity contribution in [1.82, 2.24) is 0 Å². The fourth-order valence-corrected chi connectivity index (χ4v) is 3.13. The van der Waals surface area contributed by atoms with Crippen molar-refractivity contribution < 1.29 is 14.6 Å². The summed E-state index contributed by atoms with van der Waals surface area (Å²) in [5, 5.41) is 10.9. The Morgan fingerprint density at radius 3 is 1.94 bits per heavy atom. The molecule has 0 aromatic heterocycles. The predicted molar refractivity (Wildman–Crippen MR) is 72.2 cm³/mol. The van der Waals surface area contributed by atoms with E-state index in [4.69, 9.17) is 15.2 Å². The van der Waals surface area contributed by atoms with Crippen LogP contribution in [0.1, 0.15) is 46.5 Å². The predicted octanol–water partition coefficient (Wildman–Crippen LogP) is 1.90.